The summed E-state index contributed by atoms with van der Waals surface area (Å²) in [5.74, 6) is -1.33. The van der Waals surface area contributed by atoms with Gasteiger partial charge in [-0.15, -0.1) is 0 Å². The van der Waals surface area contributed by atoms with Crippen molar-refractivity contribution < 1.29 is 17.2 Å². The summed E-state index contributed by atoms with van der Waals surface area (Å²) in [4.78, 5) is 4.47. The summed E-state index contributed by atoms with van der Waals surface area (Å²) in [7, 11) is -3.44. The zero-order valence-corrected chi connectivity index (χ0v) is 16.2. The first-order valence-electron chi connectivity index (χ1n) is 8.93. The summed E-state index contributed by atoms with van der Waals surface area (Å²) >= 11 is 0. The molecule has 1 N–H and O–H groups in total. The minimum atomic E-state index is -3.44. The van der Waals surface area contributed by atoms with E-state index in [0.717, 1.165) is 25.0 Å². The molecule has 1 saturated carbocycles. The number of imidazole rings is 1. The Hall–Kier alpha value is -2.46. The van der Waals surface area contributed by atoms with E-state index in [4.69, 9.17) is 0 Å². The molecule has 0 radical (unpaired) electrons. The molecule has 0 unspecified atom stereocenters. The third kappa shape index (κ3) is 3.49. The molecule has 0 bridgehead atoms. The van der Waals surface area contributed by atoms with Crippen LogP contribution in [0.15, 0.2) is 24.4 Å². The van der Waals surface area contributed by atoms with Crippen molar-refractivity contribution in [1.29, 1.82) is 0 Å². The molecule has 1 aromatic carbocycles. The number of fused-ring (bicyclic) bond motifs is 1. The fourth-order valence-electron chi connectivity index (χ4n) is 2.96. The topological polar surface area (TPSA) is 89.8 Å². The Balaban J connectivity index is 1.73. The molecule has 0 amide bonds. The summed E-state index contributed by atoms with van der Waals surface area (Å²) in [6, 6.07) is 4.09. The molecular weight excluding hydrogens is 388 g/mol. The van der Waals surface area contributed by atoms with Crippen LogP contribution in [0.5, 0.6) is 0 Å². The Labute approximate surface area is 160 Å². The largest absolute Gasteiger partial charge is 0.321 e. The van der Waals surface area contributed by atoms with Crippen LogP contribution in [0, 0.1) is 11.6 Å². The highest BCUT2D eigenvalue weighted by Crippen LogP contribution is 2.41. The predicted molar refractivity (Wildman–Crippen MR) is 99.8 cm³/mol. The van der Waals surface area contributed by atoms with E-state index >= 15 is 0 Å². The Morgan fingerprint density at radius 2 is 1.93 bits per heavy atom. The van der Waals surface area contributed by atoms with E-state index in [1.54, 1.807) is 19.9 Å². The van der Waals surface area contributed by atoms with Crippen LogP contribution in [-0.2, 0) is 16.6 Å². The molecule has 0 spiro atoms. The first kappa shape index (κ1) is 18.9. The van der Waals surface area contributed by atoms with E-state index in [1.807, 2.05) is 4.57 Å². The molecule has 148 valence electrons. The maximum absolute atomic E-state index is 13.8. The summed E-state index contributed by atoms with van der Waals surface area (Å²) in [5.41, 5.74) is 1.92. The third-order valence-electron chi connectivity index (χ3n) is 4.68. The van der Waals surface area contributed by atoms with Crippen LogP contribution in [0.2, 0.25) is 0 Å². The number of halogens is 2. The number of nitrogens with one attached hydrogen (secondary N) is 1. The molecule has 1 aliphatic rings. The number of benzene rings is 1. The lowest BCUT2D eigenvalue weighted by Gasteiger charge is -2.10. The predicted octanol–water partition coefficient (Wildman–Crippen LogP) is 2.93. The minimum absolute atomic E-state index is 0.00569. The van der Waals surface area contributed by atoms with Gasteiger partial charge in [-0.05, 0) is 32.8 Å². The molecule has 2 heterocycles. The second-order valence-corrected chi connectivity index (χ2v) is 9.46. The number of nitrogens with zero attached hydrogens (tertiary/aromatic N) is 4. The standard InChI is InChI=1S/C18H19F2N5O2S/c1-10(2)28(26,27)22-9-12-5-11(8-21-24-12)18-23-16-6-14(19)15(20)7-17(16)25(18)13-3-4-13/h5-8,10,13,22H,3-4,9H2,1-2H3. The molecule has 10 heteroatoms. The second-order valence-electron chi connectivity index (χ2n) is 7.14. The average molecular weight is 407 g/mol. The van der Waals surface area contributed by atoms with E-state index in [9.17, 15) is 17.2 Å². The lowest BCUT2D eigenvalue weighted by molar-refractivity contribution is 0.510. The van der Waals surface area contributed by atoms with Gasteiger partial charge in [0, 0.05) is 23.7 Å². The van der Waals surface area contributed by atoms with Crippen LogP contribution < -0.4 is 4.72 Å². The normalized spacial score (nSPS) is 14.9. The van der Waals surface area contributed by atoms with Crippen molar-refractivity contribution in [3.63, 3.8) is 0 Å². The molecule has 2 aromatic heterocycles. The summed E-state index contributed by atoms with van der Waals surface area (Å²) < 4.78 is 55.7. The summed E-state index contributed by atoms with van der Waals surface area (Å²) in [6.07, 6.45) is 3.36. The van der Waals surface area contributed by atoms with Gasteiger partial charge in [0.1, 0.15) is 5.82 Å². The lowest BCUT2D eigenvalue weighted by atomic mass is 10.2. The van der Waals surface area contributed by atoms with Crippen molar-refractivity contribution in [3.05, 3.63) is 41.7 Å². The molecule has 0 atom stereocenters. The number of rotatable bonds is 6. The fraction of sp³-hybridized carbons (Fsp3) is 0.389. The van der Waals surface area contributed by atoms with Gasteiger partial charge < -0.3 is 4.57 Å². The lowest BCUT2D eigenvalue weighted by Crippen LogP contribution is -2.30. The van der Waals surface area contributed by atoms with Crippen molar-refractivity contribution in [3.8, 4) is 11.4 Å². The molecule has 28 heavy (non-hydrogen) atoms. The van der Waals surface area contributed by atoms with Crippen LogP contribution in [0.3, 0.4) is 0 Å². The highest BCUT2D eigenvalue weighted by molar-refractivity contribution is 7.90. The summed E-state index contributed by atoms with van der Waals surface area (Å²) in [5, 5.41) is 7.35. The van der Waals surface area contributed by atoms with Crippen LogP contribution in [0.1, 0.15) is 38.4 Å². The minimum Gasteiger partial charge on any atom is -0.321 e. The van der Waals surface area contributed by atoms with E-state index in [1.165, 1.54) is 6.20 Å². The van der Waals surface area contributed by atoms with Gasteiger partial charge in [0.25, 0.3) is 0 Å². The van der Waals surface area contributed by atoms with Crippen LogP contribution in [0.4, 0.5) is 8.78 Å². The zero-order chi connectivity index (χ0) is 20.1. The SMILES string of the molecule is CC(C)S(=O)(=O)NCc1cc(-c2nc3cc(F)c(F)cc3n2C2CC2)cnn1. The fourth-order valence-corrected chi connectivity index (χ4v) is 3.64. The van der Waals surface area contributed by atoms with Gasteiger partial charge in [-0.25, -0.2) is 26.9 Å². The molecule has 1 fully saturated rings. The van der Waals surface area contributed by atoms with Crippen molar-refractivity contribution in [1.82, 2.24) is 24.5 Å². The van der Waals surface area contributed by atoms with Gasteiger partial charge in [0.15, 0.2) is 11.6 Å². The quantitative estimate of drug-likeness (QED) is 0.679. The summed E-state index contributed by atoms with van der Waals surface area (Å²) in [6.45, 7) is 3.16. The van der Waals surface area contributed by atoms with Gasteiger partial charge in [-0.2, -0.15) is 10.2 Å². The average Bonchev–Trinajstić information content (AvgIpc) is 3.42. The molecule has 0 aliphatic heterocycles. The first-order chi connectivity index (χ1) is 13.3. The van der Waals surface area contributed by atoms with Gasteiger partial charge in [0.2, 0.25) is 10.0 Å². The van der Waals surface area contributed by atoms with Crippen molar-refractivity contribution in [2.75, 3.05) is 0 Å². The number of hydrogen-bond acceptors (Lipinski definition) is 5. The van der Waals surface area contributed by atoms with Crippen molar-refractivity contribution >= 4 is 21.1 Å². The van der Waals surface area contributed by atoms with Crippen LogP contribution in [-0.4, -0.2) is 33.4 Å². The molecule has 1 aliphatic carbocycles. The van der Waals surface area contributed by atoms with Crippen LogP contribution >= 0.6 is 0 Å². The third-order valence-corrected chi connectivity index (χ3v) is 6.47. The Bertz CT molecular complexity index is 1160. The smallest absolute Gasteiger partial charge is 0.214 e. The van der Waals surface area contributed by atoms with Crippen molar-refractivity contribution in [2.24, 2.45) is 0 Å². The van der Waals surface area contributed by atoms with Crippen molar-refractivity contribution in [2.45, 2.75) is 44.5 Å². The van der Waals surface area contributed by atoms with E-state index in [2.05, 4.69) is 19.9 Å². The van der Waals surface area contributed by atoms with E-state index in [-0.39, 0.29) is 12.6 Å². The first-order valence-corrected chi connectivity index (χ1v) is 10.5. The Morgan fingerprint density at radius 1 is 1.21 bits per heavy atom. The number of hydrogen-bond donors (Lipinski definition) is 1. The van der Waals surface area contributed by atoms with Gasteiger partial charge in [-0.1, -0.05) is 0 Å². The highest BCUT2D eigenvalue weighted by atomic mass is 32.2. The monoisotopic (exact) mass is 407 g/mol. The van der Waals surface area contributed by atoms with Crippen LogP contribution in [0.25, 0.3) is 22.4 Å². The molecule has 4 rings (SSSR count). The molecule has 0 saturated heterocycles. The van der Waals surface area contributed by atoms with E-state index < -0.39 is 26.9 Å². The molecule has 7 nitrogen and oxygen atoms in total. The van der Waals surface area contributed by atoms with E-state index in [0.29, 0.717) is 28.1 Å². The molecule has 3 aromatic rings. The number of aromatic nitrogens is 4. The van der Waals surface area contributed by atoms with Gasteiger partial charge >= 0.3 is 0 Å². The van der Waals surface area contributed by atoms with Gasteiger partial charge in [-0.3, -0.25) is 0 Å². The zero-order valence-electron chi connectivity index (χ0n) is 15.4. The Kier molecular flexibility index (Phi) is 4.62. The Morgan fingerprint density at radius 3 is 2.61 bits per heavy atom. The van der Waals surface area contributed by atoms with Gasteiger partial charge in [0.05, 0.1) is 34.7 Å². The molecular formula is C18H19F2N5O2S. The maximum Gasteiger partial charge on any atom is 0.214 e. The number of sulfonamides is 1. The maximum atomic E-state index is 13.8. The second kappa shape index (κ2) is 6.85. The highest BCUT2D eigenvalue weighted by Gasteiger charge is 2.29.